The third-order valence-electron chi connectivity index (χ3n) is 2.73. The van der Waals surface area contributed by atoms with Crippen LogP contribution in [-0.4, -0.2) is 0 Å². The summed E-state index contributed by atoms with van der Waals surface area (Å²) in [4.78, 5) is 0. The van der Waals surface area contributed by atoms with Crippen LogP contribution in [0.2, 0.25) is 5.02 Å². The monoisotopic (exact) mass is 324 g/mol. The zero-order valence-electron chi connectivity index (χ0n) is 10.2. The molecule has 94 valence electrons. The molecule has 0 spiro atoms. The quantitative estimate of drug-likeness (QED) is 0.759. The number of nitrogens with two attached hydrogens (primary N) is 1. The van der Waals surface area contributed by atoms with E-state index in [1.165, 1.54) is 11.1 Å². The lowest BCUT2D eigenvalue weighted by Gasteiger charge is -2.12. The van der Waals surface area contributed by atoms with Gasteiger partial charge in [0, 0.05) is 15.2 Å². The minimum Gasteiger partial charge on any atom is -0.397 e. The highest BCUT2D eigenvalue weighted by atomic mass is 79.9. The van der Waals surface area contributed by atoms with Gasteiger partial charge in [-0.05, 0) is 55.3 Å². The molecule has 0 radical (unpaired) electrons. The van der Waals surface area contributed by atoms with E-state index in [1.54, 1.807) is 6.07 Å². The van der Waals surface area contributed by atoms with Crippen molar-refractivity contribution < 1.29 is 0 Å². The molecule has 0 amide bonds. The van der Waals surface area contributed by atoms with E-state index in [9.17, 15) is 0 Å². The first kappa shape index (κ1) is 13.2. The Morgan fingerprint density at radius 2 is 1.72 bits per heavy atom. The van der Waals surface area contributed by atoms with Crippen LogP contribution in [0.4, 0.5) is 17.1 Å². The fourth-order valence-electron chi connectivity index (χ4n) is 1.82. The smallest absolute Gasteiger partial charge is 0.0618 e. The van der Waals surface area contributed by atoms with Crippen LogP contribution in [-0.2, 0) is 0 Å². The van der Waals surface area contributed by atoms with Gasteiger partial charge in [0.15, 0.2) is 0 Å². The van der Waals surface area contributed by atoms with Crippen molar-refractivity contribution in [3.05, 3.63) is 51.0 Å². The van der Waals surface area contributed by atoms with Crippen molar-refractivity contribution in [3.63, 3.8) is 0 Å². The van der Waals surface area contributed by atoms with E-state index in [0.29, 0.717) is 10.7 Å². The third kappa shape index (κ3) is 2.79. The number of nitrogens with one attached hydrogen (secondary N) is 1. The molecule has 2 nitrogen and oxygen atoms in total. The number of nitrogen functional groups attached to an aromatic ring is 1. The van der Waals surface area contributed by atoms with Crippen LogP contribution in [0.5, 0.6) is 0 Å². The lowest BCUT2D eigenvalue weighted by Crippen LogP contribution is -1.97. The predicted molar refractivity (Wildman–Crippen MR) is 82.8 cm³/mol. The second-order valence-electron chi connectivity index (χ2n) is 4.28. The number of benzene rings is 2. The Labute approximate surface area is 120 Å². The van der Waals surface area contributed by atoms with Crippen molar-refractivity contribution in [3.8, 4) is 0 Å². The average molecular weight is 326 g/mol. The van der Waals surface area contributed by atoms with E-state index < -0.39 is 0 Å². The number of hydrogen-bond acceptors (Lipinski definition) is 2. The highest BCUT2D eigenvalue weighted by molar-refractivity contribution is 9.10. The zero-order chi connectivity index (χ0) is 13.3. The molecule has 0 unspecified atom stereocenters. The van der Waals surface area contributed by atoms with Gasteiger partial charge in [-0.15, -0.1) is 0 Å². The van der Waals surface area contributed by atoms with Crippen LogP contribution in [0.1, 0.15) is 11.1 Å². The van der Waals surface area contributed by atoms with Crippen LogP contribution < -0.4 is 11.1 Å². The van der Waals surface area contributed by atoms with Gasteiger partial charge < -0.3 is 11.1 Å². The Bertz CT molecular complexity index is 573. The molecule has 0 heterocycles. The number of aryl methyl sites for hydroxylation is 2. The molecule has 2 rings (SSSR count). The van der Waals surface area contributed by atoms with Crippen molar-refractivity contribution >= 4 is 44.6 Å². The van der Waals surface area contributed by atoms with Gasteiger partial charge in [0.05, 0.1) is 11.4 Å². The summed E-state index contributed by atoms with van der Waals surface area (Å²) < 4.78 is 1.14. The van der Waals surface area contributed by atoms with Crippen LogP contribution in [0.15, 0.2) is 34.8 Å². The lowest BCUT2D eigenvalue weighted by atomic mass is 10.1. The maximum absolute atomic E-state index is 5.92. The van der Waals surface area contributed by atoms with Crippen molar-refractivity contribution in [2.45, 2.75) is 13.8 Å². The molecular weight excluding hydrogens is 312 g/mol. The molecule has 2 aromatic rings. The average Bonchev–Trinajstić information content (AvgIpc) is 2.29. The van der Waals surface area contributed by atoms with E-state index >= 15 is 0 Å². The summed E-state index contributed by atoms with van der Waals surface area (Å²) in [6.07, 6.45) is 0. The second-order valence-corrected chi connectivity index (χ2v) is 5.51. The van der Waals surface area contributed by atoms with E-state index in [4.69, 9.17) is 17.3 Å². The first-order valence-corrected chi connectivity index (χ1v) is 6.73. The maximum Gasteiger partial charge on any atom is 0.0618 e. The Kier molecular flexibility index (Phi) is 3.83. The minimum absolute atomic E-state index is 0.640. The van der Waals surface area contributed by atoms with Crippen molar-refractivity contribution in [1.82, 2.24) is 0 Å². The predicted octanol–water partition coefficient (Wildman–Crippen LogP) is 5.05. The molecule has 4 heteroatoms. The van der Waals surface area contributed by atoms with Gasteiger partial charge in [-0.3, -0.25) is 0 Å². The molecule has 0 aliphatic heterocycles. The molecular formula is C14H14BrClN2. The Hall–Kier alpha value is -1.19. The molecule has 0 aromatic heterocycles. The fraction of sp³-hybridized carbons (Fsp3) is 0.143. The second kappa shape index (κ2) is 5.21. The zero-order valence-corrected chi connectivity index (χ0v) is 12.6. The largest absolute Gasteiger partial charge is 0.397 e. The van der Waals surface area contributed by atoms with E-state index in [-0.39, 0.29) is 0 Å². The normalized spacial score (nSPS) is 10.4. The van der Waals surface area contributed by atoms with Gasteiger partial charge in [0.1, 0.15) is 0 Å². The summed E-state index contributed by atoms with van der Waals surface area (Å²) >= 11 is 9.43. The highest BCUT2D eigenvalue weighted by Gasteiger charge is 2.04. The Morgan fingerprint density at radius 1 is 1.11 bits per heavy atom. The van der Waals surface area contributed by atoms with Gasteiger partial charge >= 0.3 is 0 Å². The molecule has 3 N–H and O–H groups in total. The first-order chi connectivity index (χ1) is 8.47. The van der Waals surface area contributed by atoms with Gasteiger partial charge in [0.2, 0.25) is 0 Å². The topological polar surface area (TPSA) is 38.0 Å². The van der Waals surface area contributed by atoms with Crippen molar-refractivity contribution in [2.75, 3.05) is 11.1 Å². The maximum atomic E-state index is 5.92. The Morgan fingerprint density at radius 3 is 2.28 bits per heavy atom. The van der Waals surface area contributed by atoms with E-state index in [2.05, 4.69) is 47.2 Å². The SMILES string of the molecule is Cc1cc(Nc2ccc(Cl)cc2N)cc(C)c1Br. The molecule has 2 aromatic carbocycles. The van der Waals surface area contributed by atoms with Crippen LogP contribution in [0.25, 0.3) is 0 Å². The summed E-state index contributed by atoms with van der Waals surface area (Å²) in [7, 11) is 0. The van der Waals surface area contributed by atoms with Gasteiger partial charge in [-0.25, -0.2) is 0 Å². The van der Waals surface area contributed by atoms with Crippen LogP contribution in [0.3, 0.4) is 0 Å². The molecule has 0 fully saturated rings. The first-order valence-electron chi connectivity index (χ1n) is 5.56. The number of halogens is 2. The third-order valence-corrected chi connectivity index (χ3v) is 4.21. The molecule has 0 aliphatic rings. The molecule has 0 aliphatic carbocycles. The summed E-state index contributed by atoms with van der Waals surface area (Å²) in [5, 5.41) is 3.94. The van der Waals surface area contributed by atoms with Crippen LogP contribution in [0, 0.1) is 13.8 Å². The summed E-state index contributed by atoms with van der Waals surface area (Å²) in [5.41, 5.74) is 10.8. The fourth-order valence-corrected chi connectivity index (χ4v) is 2.23. The van der Waals surface area contributed by atoms with E-state index in [1.807, 2.05) is 12.1 Å². The number of rotatable bonds is 2. The van der Waals surface area contributed by atoms with Gasteiger partial charge in [0.25, 0.3) is 0 Å². The standard InChI is InChI=1S/C14H14BrClN2/c1-8-5-11(6-9(2)14(8)15)18-13-4-3-10(16)7-12(13)17/h3-7,18H,17H2,1-2H3. The number of hydrogen-bond donors (Lipinski definition) is 2. The summed E-state index contributed by atoms with van der Waals surface area (Å²) in [5.74, 6) is 0. The summed E-state index contributed by atoms with van der Waals surface area (Å²) in [6, 6.07) is 9.59. The van der Waals surface area contributed by atoms with Gasteiger partial charge in [-0.2, -0.15) is 0 Å². The molecule has 0 bridgehead atoms. The van der Waals surface area contributed by atoms with E-state index in [0.717, 1.165) is 15.8 Å². The highest BCUT2D eigenvalue weighted by Crippen LogP contribution is 2.30. The molecule has 18 heavy (non-hydrogen) atoms. The molecule has 0 atom stereocenters. The number of anilines is 3. The minimum atomic E-state index is 0.640. The summed E-state index contributed by atoms with van der Waals surface area (Å²) in [6.45, 7) is 4.13. The Balaban J connectivity index is 2.34. The lowest BCUT2D eigenvalue weighted by molar-refractivity contribution is 1.33. The van der Waals surface area contributed by atoms with Crippen molar-refractivity contribution in [2.24, 2.45) is 0 Å². The van der Waals surface area contributed by atoms with Crippen molar-refractivity contribution in [1.29, 1.82) is 0 Å². The molecule has 0 saturated carbocycles. The van der Waals surface area contributed by atoms with Gasteiger partial charge in [-0.1, -0.05) is 27.5 Å². The van der Waals surface area contributed by atoms with Crippen LogP contribution >= 0.6 is 27.5 Å². The molecule has 0 saturated heterocycles.